The molecule has 23 heavy (non-hydrogen) atoms. The molecule has 1 saturated heterocycles. The predicted molar refractivity (Wildman–Crippen MR) is 94.4 cm³/mol. The quantitative estimate of drug-likeness (QED) is 0.816. The van der Waals surface area contributed by atoms with Crippen LogP contribution in [0.25, 0.3) is 0 Å². The SMILES string of the molecule is CSc1cc(NC(=O)N2CCCC(c3ccn[nH]3)C2)ccc1Cl. The third-order valence-corrected chi connectivity index (χ3v) is 5.29. The number of anilines is 1. The minimum absolute atomic E-state index is 0.0661. The summed E-state index contributed by atoms with van der Waals surface area (Å²) in [6.45, 7) is 1.48. The number of halogens is 1. The third-order valence-electron chi connectivity index (χ3n) is 4.07. The van der Waals surface area contributed by atoms with E-state index in [1.54, 1.807) is 18.0 Å². The number of likely N-dealkylation sites (tertiary alicyclic amines) is 1. The number of carbonyl (C=O) groups excluding carboxylic acids is 1. The van der Waals surface area contributed by atoms with Gasteiger partial charge in [0.05, 0.1) is 5.02 Å². The van der Waals surface area contributed by atoms with Crippen LogP contribution in [0.5, 0.6) is 0 Å². The molecule has 1 aliphatic rings. The molecule has 0 saturated carbocycles. The van der Waals surface area contributed by atoms with Gasteiger partial charge in [0.15, 0.2) is 0 Å². The summed E-state index contributed by atoms with van der Waals surface area (Å²) in [6.07, 6.45) is 5.79. The highest BCUT2D eigenvalue weighted by Gasteiger charge is 2.25. The number of nitrogens with zero attached hydrogens (tertiary/aromatic N) is 2. The van der Waals surface area contributed by atoms with Gasteiger partial charge in [-0.3, -0.25) is 5.10 Å². The lowest BCUT2D eigenvalue weighted by molar-refractivity contribution is 0.192. The Morgan fingerprint density at radius 3 is 3.09 bits per heavy atom. The number of hydrogen-bond acceptors (Lipinski definition) is 3. The van der Waals surface area contributed by atoms with Crippen molar-refractivity contribution in [2.75, 3.05) is 24.7 Å². The van der Waals surface area contributed by atoms with Crippen LogP contribution in [0.1, 0.15) is 24.5 Å². The van der Waals surface area contributed by atoms with Crippen molar-refractivity contribution in [3.05, 3.63) is 41.2 Å². The average molecular weight is 351 g/mol. The van der Waals surface area contributed by atoms with Gasteiger partial charge in [-0.1, -0.05) is 11.6 Å². The van der Waals surface area contributed by atoms with Crippen LogP contribution < -0.4 is 5.32 Å². The van der Waals surface area contributed by atoms with Gasteiger partial charge in [0.2, 0.25) is 0 Å². The molecule has 0 spiro atoms. The van der Waals surface area contributed by atoms with Crippen LogP contribution in [0.4, 0.5) is 10.5 Å². The van der Waals surface area contributed by atoms with Gasteiger partial charge < -0.3 is 10.2 Å². The Hall–Kier alpha value is -1.66. The topological polar surface area (TPSA) is 61.0 Å². The molecule has 1 aromatic carbocycles. The molecular weight excluding hydrogens is 332 g/mol. The summed E-state index contributed by atoms with van der Waals surface area (Å²) in [4.78, 5) is 15.3. The average Bonchev–Trinajstić information content (AvgIpc) is 3.11. The Morgan fingerprint density at radius 1 is 1.48 bits per heavy atom. The van der Waals surface area contributed by atoms with E-state index in [0.29, 0.717) is 17.5 Å². The molecular formula is C16H19ClN4OS. The number of urea groups is 1. The minimum atomic E-state index is -0.0661. The Kier molecular flexibility index (Phi) is 5.13. The van der Waals surface area contributed by atoms with E-state index < -0.39 is 0 Å². The zero-order valence-corrected chi connectivity index (χ0v) is 14.5. The maximum atomic E-state index is 12.5. The second-order valence-electron chi connectivity index (χ2n) is 5.58. The summed E-state index contributed by atoms with van der Waals surface area (Å²) in [5.41, 5.74) is 1.87. The van der Waals surface area contributed by atoms with Gasteiger partial charge in [-0.15, -0.1) is 11.8 Å². The molecule has 3 rings (SSSR count). The number of piperidine rings is 1. The Labute approximate surface area is 144 Å². The molecule has 7 heteroatoms. The second kappa shape index (κ2) is 7.27. The zero-order chi connectivity index (χ0) is 16.2. The van der Waals surface area contributed by atoms with Gasteiger partial charge in [-0.2, -0.15) is 5.10 Å². The number of H-pyrrole nitrogens is 1. The van der Waals surface area contributed by atoms with Crippen molar-refractivity contribution in [2.45, 2.75) is 23.7 Å². The van der Waals surface area contributed by atoms with Gasteiger partial charge in [-0.05, 0) is 43.4 Å². The first-order chi connectivity index (χ1) is 11.2. The normalized spacial score (nSPS) is 18.0. The molecule has 0 aliphatic carbocycles. The molecule has 122 valence electrons. The van der Waals surface area contributed by atoms with Crippen molar-refractivity contribution in [1.82, 2.24) is 15.1 Å². The summed E-state index contributed by atoms with van der Waals surface area (Å²) in [6, 6.07) is 7.46. The molecule has 1 unspecified atom stereocenters. The monoisotopic (exact) mass is 350 g/mol. The number of benzene rings is 1. The van der Waals surface area contributed by atoms with E-state index in [4.69, 9.17) is 11.6 Å². The first kappa shape index (κ1) is 16.2. The third kappa shape index (κ3) is 3.82. The van der Waals surface area contributed by atoms with Crippen LogP contribution in [0.15, 0.2) is 35.4 Å². The Morgan fingerprint density at radius 2 is 2.35 bits per heavy atom. The largest absolute Gasteiger partial charge is 0.324 e. The molecule has 5 nitrogen and oxygen atoms in total. The highest BCUT2D eigenvalue weighted by molar-refractivity contribution is 7.98. The molecule has 2 amide bonds. The van der Waals surface area contributed by atoms with E-state index >= 15 is 0 Å². The number of rotatable bonds is 3. The van der Waals surface area contributed by atoms with Crippen molar-refractivity contribution in [2.24, 2.45) is 0 Å². The van der Waals surface area contributed by atoms with Crippen molar-refractivity contribution >= 4 is 35.1 Å². The van der Waals surface area contributed by atoms with Gasteiger partial charge in [-0.25, -0.2) is 4.79 Å². The lowest BCUT2D eigenvalue weighted by Crippen LogP contribution is -2.41. The van der Waals surface area contributed by atoms with Gasteiger partial charge in [0, 0.05) is 41.5 Å². The number of nitrogens with one attached hydrogen (secondary N) is 2. The van der Waals surface area contributed by atoms with Crippen LogP contribution in [-0.4, -0.2) is 40.5 Å². The second-order valence-corrected chi connectivity index (χ2v) is 6.83. The standard InChI is InChI=1S/C16H19ClN4OS/c1-23-15-9-12(4-5-13(15)17)19-16(22)21-8-2-3-11(10-21)14-6-7-18-20-14/h4-7,9,11H,2-3,8,10H2,1H3,(H,18,20)(H,19,22). The fourth-order valence-electron chi connectivity index (χ4n) is 2.85. The number of aromatic nitrogens is 2. The van der Waals surface area contributed by atoms with Crippen molar-refractivity contribution in [3.8, 4) is 0 Å². The molecule has 1 atom stereocenters. The summed E-state index contributed by atoms with van der Waals surface area (Å²) in [7, 11) is 0. The van der Waals surface area contributed by atoms with E-state index in [1.807, 2.05) is 35.4 Å². The van der Waals surface area contributed by atoms with Crippen LogP contribution >= 0.6 is 23.4 Å². The lowest BCUT2D eigenvalue weighted by Gasteiger charge is -2.32. The van der Waals surface area contributed by atoms with E-state index in [1.165, 1.54) is 0 Å². The number of hydrogen-bond donors (Lipinski definition) is 2. The molecule has 1 aliphatic heterocycles. The van der Waals surface area contributed by atoms with Crippen LogP contribution in [0.3, 0.4) is 0 Å². The minimum Gasteiger partial charge on any atom is -0.324 e. The number of carbonyl (C=O) groups is 1. The van der Waals surface area contributed by atoms with Gasteiger partial charge >= 0.3 is 6.03 Å². The van der Waals surface area contributed by atoms with Crippen LogP contribution in [0.2, 0.25) is 5.02 Å². The highest BCUT2D eigenvalue weighted by atomic mass is 35.5. The van der Waals surface area contributed by atoms with E-state index in [9.17, 15) is 4.79 Å². The first-order valence-electron chi connectivity index (χ1n) is 7.56. The van der Waals surface area contributed by atoms with Crippen molar-refractivity contribution in [3.63, 3.8) is 0 Å². The highest BCUT2D eigenvalue weighted by Crippen LogP contribution is 2.29. The summed E-state index contributed by atoms with van der Waals surface area (Å²) < 4.78 is 0. The Balaban J connectivity index is 1.66. The van der Waals surface area contributed by atoms with Crippen molar-refractivity contribution < 1.29 is 4.79 Å². The summed E-state index contributed by atoms with van der Waals surface area (Å²) in [5, 5.41) is 10.7. The molecule has 2 heterocycles. The van der Waals surface area contributed by atoms with Gasteiger partial charge in [0.25, 0.3) is 0 Å². The molecule has 0 radical (unpaired) electrons. The van der Waals surface area contributed by atoms with Gasteiger partial charge in [0.1, 0.15) is 0 Å². The van der Waals surface area contributed by atoms with E-state index in [-0.39, 0.29) is 6.03 Å². The number of aromatic amines is 1. The lowest BCUT2D eigenvalue weighted by atomic mass is 9.95. The van der Waals surface area contributed by atoms with E-state index in [2.05, 4.69) is 15.5 Å². The maximum absolute atomic E-state index is 12.5. The van der Waals surface area contributed by atoms with Crippen molar-refractivity contribution in [1.29, 1.82) is 0 Å². The molecule has 1 fully saturated rings. The molecule has 0 bridgehead atoms. The smallest absolute Gasteiger partial charge is 0.321 e. The number of amides is 2. The Bertz CT molecular complexity index is 677. The maximum Gasteiger partial charge on any atom is 0.321 e. The predicted octanol–water partition coefficient (Wildman–Crippen LogP) is 4.20. The summed E-state index contributed by atoms with van der Waals surface area (Å²) in [5.74, 6) is 0.323. The molecule has 2 N–H and O–H groups in total. The zero-order valence-electron chi connectivity index (χ0n) is 12.9. The fourth-order valence-corrected chi connectivity index (χ4v) is 3.71. The van der Waals surface area contributed by atoms with Crippen LogP contribution in [0, 0.1) is 0 Å². The number of thioether (sulfide) groups is 1. The van der Waals surface area contributed by atoms with Crippen LogP contribution in [-0.2, 0) is 0 Å². The molecule has 2 aromatic rings. The first-order valence-corrected chi connectivity index (χ1v) is 9.16. The fraction of sp³-hybridized carbons (Fsp3) is 0.375. The van der Waals surface area contributed by atoms with E-state index in [0.717, 1.165) is 35.7 Å². The summed E-state index contributed by atoms with van der Waals surface area (Å²) >= 11 is 7.67. The molecule has 1 aromatic heterocycles.